The quantitative estimate of drug-likeness (QED) is 0.448. The number of hydrogen-bond donors (Lipinski definition) is 1. The van der Waals surface area contributed by atoms with Gasteiger partial charge in [0.25, 0.3) is 0 Å². The largest absolute Gasteiger partial charge is 0.497 e. The Morgan fingerprint density at radius 1 is 1.11 bits per heavy atom. The third kappa shape index (κ3) is 4.62. The zero-order chi connectivity index (χ0) is 25.1. The topological polar surface area (TPSA) is 90.9 Å². The fraction of sp³-hybridized carbons (Fsp3) is 0.370. The van der Waals surface area contributed by atoms with Crippen molar-refractivity contribution in [3.63, 3.8) is 0 Å². The second kappa shape index (κ2) is 10.5. The van der Waals surface area contributed by atoms with Crippen LogP contribution < -0.4 is 10.1 Å². The van der Waals surface area contributed by atoms with Crippen LogP contribution >= 0.6 is 11.3 Å². The van der Waals surface area contributed by atoms with Gasteiger partial charge in [-0.1, -0.05) is 12.1 Å². The molecule has 0 fully saturated rings. The number of benzene rings is 1. The molecule has 0 spiro atoms. The number of ether oxygens (including phenoxy) is 3. The molecule has 184 valence electrons. The summed E-state index contributed by atoms with van der Waals surface area (Å²) < 4.78 is 16.1. The molecule has 7 nitrogen and oxygen atoms in total. The second-order valence-corrected chi connectivity index (χ2v) is 9.23. The number of Topliss-reactive ketones (excluding diaryl/α,β-unsaturated/α-hetero) is 1. The second-order valence-electron chi connectivity index (χ2n) is 8.45. The van der Waals surface area contributed by atoms with Crippen LogP contribution in [-0.4, -0.2) is 38.0 Å². The van der Waals surface area contributed by atoms with Gasteiger partial charge in [-0.3, -0.25) is 9.59 Å². The predicted octanol–water partition coefficient (Wildman–Crippen LogP) is 4.47. The Kier molecular flexibility index (Phi) is 7.40. The van der Waals surface area contributed by atoms with E-state index in [0.717, 1.165) is 11.1 Å². The van der Waals surface area contributed by atoms with Crippen LogP contribution in [0.15, 0.2) is 63.6 Å². The Morgan fingerprint density at radius 2 is 1.89 bits per heavy atom. The Balaban J connectivity index is 1.87. The molecule has 0 bridgehead atoms. The molecule has 4 rings (SSSR count). The fourth-order valence-electron chi connectivity index (χ4n) is 4.97. The Morgan fingerprint density at radius 3 is 2.54 bits per heavy atom. The molecule has 35 heavy (non-hydrogen) atoms. The number of allylic oxidation sites excluding steroid dienone is 3. The summed E-state index contributed by atoms with van der Waals surface area (Å²) in [6.07, 6.45) is 0.409. The monoisotopic (exact) mass is 495 g/mol. The maximum Gasteiger partial charge on any atom is 0.336 e. The Bertz CT molecular complexity index is 1200. The van der Waals surface area contributed by atoms with E-state index < -0.39 is 29.7 Å². The molecule has 1 aromatic carbocycles. The van der Waals surface area contributed by atoms with Gasteiger partial charge in [-0.2, -0.15) is 11.3 Å². The maximum atomic E-state index is 14.2. The molecule has 0 radical (unpaired) electrons. The molecular weight excluding hydrogens is 466 g/mol. The number of rotatable bonds is 7. The minimum atomic E-state index is -1.04. The number of ketones is 1. The summed E-state index contributed by atoms with van der Waals surface area (Å²) in [5.41, 5.74) is 3.81. The van der Waals surface area contributed by atoms with Gasteiger partial charge < -0.3 is 19.5 Å². The molecule has 0 amide bonds. The first-order chi connectivity index (χ1) is 16.9. The third-order valence-corrected chi connectivity index (χ3v) is 7.16. The number of carbonyl (C=O) groups is 3. The lowest BCUT2D eigenvalue weighted by molar-refractivity contribution is -0.152. The molecule has 1 N–H and O–H groups in total. The Hall–Kier alpha value is -3.39. The van der Waals surface area contributed by atoms with Gasteiger partial charge in [-0.15, -0.1) is 0 Å². The van der Waals surface area contributed by atoms with Crippen molar-refractivity contribution in [1.29, 1.82) is 0 Å². The van der Waals surface area contributed by atoms with Crippen LogP contribution in [0.4, 0.5) is 0 Å². The highest BCUT2D eigenvalue weighted by Gasteiger charge is 2.49. The van der Waals surface area contributed by atoms with Crippen LogP contribution in [0, 0.1) is 5.92 Å². The van der Waals surface area contributed by atoms with Crippen molar-refractivity contribution in [2.45, 2.75) is 39.0 Å². The highest BCUT2D eigenvalue weighted by Crippen LogP contribution is 2.48. The van der Waals surface area contributed by atoms with Crippen molar-refractivity contribution in [2.75, 3.05) is 20.3 Å². The molecule has 2 aliphatic rings. The minimum absolute atomic E-state index is 0.165. The number of dihydropyridines is 1. The van der Waals surface area contributed by atoms with E-state index in [4.69, 9.17) is 14.2 Å². The van der Waals surface area contributed by atoms with Crippen molar-refractivity contribution in [2.24, 2.45) is 5.92 Å². The van der Waals surface area contributed by atoms with E-state index in [0.29, 0.717) is 34.7 Å². The van der Waals surface area contributed by atoms with Crippen molar-refractivity contribution in [3.8, 4) is 5.75 Å². The summed E-state index contributed by atoms with van der Waals surface area (Å²) in [6, 6.07) is 9.31. The molecule has 1 aliphatic carbocycles. The summed E-state index contributed by atoms with van der Waals surface area (Å²) in [4.78, 5) is 40.3. The standard InChI is InChI=1S/C27H29NO6S/c1-5-33-26(30)21-15(3)28-20-13-19(16-8-7-9-18(12-16)32-4)23(27(31)34-6-2)25(29)24(20)22(21)17-10-11-35-14-17/h7-12,14,19,22-23,28H,5-6,13H2,1-4H3/t19-,22+,23-/m0/s1. The number of nitrogens with one attached hydrogen (secondary N) is 1. The van der Waals surface area contributed by atoms with Gasteiger partial charge in [-0.25, -0.2) is 4.79 Å². The molecule has 1 aromatic heterocycles. The summed E-state index contributed by atoms with van der Waals surface area (Å²) >= 11 is 1.48. The van der Waals surface area contributed by atoms with Gasteiger partial charge in [0.05, 0.1) is 25.9 Å². The summed E-state index contributed by atoms with van der Waals surface area (Å²) in [6.45, 7) is 5.67. The average molecular weight is 496 g/mol. The minimum Gasteiger partial charge on any atom is -0.497 e. The third-order valence-electron chi connectivity index (χ3n) is 6.45. The highest BCUT2D eigenvalue weighted by molar-refractivity contribution is 7.08. The molecule has 0 unspecified atom stereocenters. The molecule has 1 aliphatic heterocycles. The van der Waals surface area contributed by atoms with Gasteiger partial charge in [0.2, 0.25) is 0 Å². The molecule has 0 saturated heterocycles. The highest BCUT2D eigenvalue weighted by atomic mass is 32.1. The van der Waals surface area contributed by atoms with Crippen molar-refractivity contribution >= 4 is 29.1 Å². The van der Waals surface area contributed by atoms with Gasteiger partial charge in [0.15, 0.2) is 5.78 Å². The number of thiophene rings is 1. The SMILES string of the molecule is CCOC(=O)C1=C(C)NC2=C(C(=O)[C@@H](C(=O)OCC)[C@H](c3cccc(OC)c3)C2)[C@@H]1c1ccsc1. The van der Waals surface area contributed by atoms with Crippen LogP contribution in [0.1, 0.15) is 50.2 Å². The van der Waals surface area contributed by atoms with E-state index in [2.05, 4.69) is 5.32 Å². The molecule has 0 saturated carbocycles. The molecule has 2 heterocycles. The van der Waals surface area contributed by atoms with E-state index >= 15 is 0 Å². The maximum absolute atomic E-state index is 14.2. The van der Waals surface area contributed by atoms with E-state index in [1.54, 1.807) is 21.0 Å². The van der Waals surface area contributed by atoms with E-state index in [9.17, 15) is 14.4 Å². The molecule has 8 heteroatoms. The molecular formula is C27H29NO6S. The van der Waals surface area contributed by atoms with Crippen molar-refractivity contribution < 1.29 is 28.6 Å². The number of methoxy groups -OCH3 is 1. The van der Waals surface area contributed by atoms with Crippen molar-refractivity contribution in [3.05, 3.63) is 74.8 Å². The Labute approximate surface area is 208 Å². The lowest BCUT2D eigenvalue weighted by atomic mass is 9.67. The molecule has 3 atom stereocenters. The number of hydrogen-bond acceptors (Lipinski definition) is 8. The first-order valence-corrected chi connectivity index (χ1v) is 12.6. The normalized spacial score (nSPS) is 21.8. The lowest BCUT2D eigenvalue weighted by Crippen LogP contribution is -2.43. The first kappa shape index (κ1) is 24.7. The van der Waals surface area contributed by atoms with Crippen molar-refractivity contribution in [1.82, 2.24) is 5.32 Å². The van der Waals surface area contributed by atoms with Gasteiger partial charge in [0, 0.05) is 28.8 Å². The lowest BCUT2D eigenvalue weighted by Gasteiger charge is -2.39. The van der Waals surface area contributed by atoms with Crippen LogP contribution in [0.5, 0.6) is 5.75 Å². The van der Waals surface area contributed by atoms with Gasteiger partial charge in [0.1, 0.15) is 11.7 Å². The summed E-state index contributed by atoms with van der Waals surface area (Å²) in [7, 11) is 1.58. The number of carbonyl (C=O) groups excluding carboxylic acids is 3. The van der Waals surface area contributed by atoms with Crippen LogP contribution in [0.3, 0.4) is 0 Å². The van der Waals surface area contributed by atoms with E-state index in [-0.39, 0.29) is 19.0 Å². The zero-order valence-electron chi connectivity index (χ0n) is 20.3. The summed E-state index contributed by atoms with van der Waals surface area (Å²) in [5, 5.41) is 7.14. The van der Waals surface area contributed by atoms with Crippen LogP contribution in [-0.2, 0) is 23.9 Å². The van der Waals surface area contributed by atoms with Crippen LogP contribution in [0.2, 0.25) is 0 Å². The fourth-order valence-corrected chi connectivity index (χ4v) is 5.66. The number of esters is 2. The van der Waals surface area contributed by atoms with Gasteiger partial charge >= 0.3 is 11.9 Å². The van der Waals surface area contributed by atoms with Crippen LogP contribution in [0.25, 0.3) is 0 Å². The van der Waals surface area contributed by atoms with E-state index in [1.165, 1.54) is 11.3 Å². The predicted molar refractivity (Wildman–Crippen MR) is 132 cm³/mol. The van der Waals surface area contributed by atoms with E-state index in [1.807, 2.05) is 48.0 Å². The average Bonchev–Trinajstić information content (AvgIpc) is 3.38. The zero-order valence-corrected chi connectivity index (χ0v) is 21.1. The summed E-state index contributed by atoms with van der Waals surface area (Å²) in [5.74, 6) is -2.83. The first-order valence-electron chi connectivity index (χ1n) is 11.7. The molecule has 2 aromatic rings. The smallest absolute Gasteiger partial charge is 0.336 e. The van der Waals surface area contributed by atoms with Gasteiger partial charge in [-0.05, 0) is 67.3 Å².